The van der Waals surface area contributed by atoms with Gasteiger partial charge in [-0.15, -0.1) is 0 Å². The molecule has 0 unspecified atom stereocenters. The lowest BCUT2D eigenvalue weighted by Gasteiger charge is -2.33. The Morgan fingerprint density at radius 1 is 1.75 bits per heavy atom. The quantitative estimate of drug-likeness (QED) is 0.320. The molecule has 1 fully saturated rings. The van der Waals surface area contributed by atoms with Gasteiger partial charge in [-0.2, -0.15) is 0 Å². The summed E-state index contributed by atoms with van der Waals surface area (Å²) in [6, 6.07) is 0.475. The van der Waals surface area contributed by atoms with Crippen LogP contribution in [-0.2, 0) is 4.79 Å². The first-order valence-corrected chi connectivity index (χ1v) is 2.84. The van der Waals surface area contributed by atoms with E-state index in [-0.39, 0.29) is 0 Å². The number of amides is 1. The second-order valence-electron chi connectivity index (χ2n) is 2.25. The van der Waals surface area contributed by atoms with E-state index in [9.17, 15) is 4.79 Å². The zero-order valence-electron chi connectivity index (χ0n) is 4.50. The summed E-state index contributed by atoms with van der Waals surface area (Å²) in [5.41, 5.74) is 0. The van der Waals surface area contributed by atoms with Gasteiger partial charge < -0.3 is 4.90 Å². The van der Waals surface area contributed by atoms with E-state index >= 15 is 0 Å². The highest BCUT2D eigenvalue weighted by molar-refractivity contribution is 5.84. The molecule has 0 aromatic heterocycles. The highest BCUT2D eigenvalue weighted by Gasteiger charge is 2.35. The van der Waals surface area contributed by atoms with Gasteiger partial charge in [-0.25, -0.2) is 0 Å². The molecule has 2 aliphatic heterocycles. The number of hydrogen-bond acceptors (Lipinski definition) is 1. The molecule has 0 N–H and O–H groups in total. The number of carbonyl (C=O) groups is 1. The number of carbonyl (C=O) groups excluding carboxylic acids is 1. The molecule has 0 aromatic carbocycles. The maximum Gasteiger partial charge on any atom is 0.225 e. The third-order valence-electron chi connectivity index (χ3n) is 1.76. The van der Waals surface area contributed by atoms with Gasteiger partial charge in [0.15, 0.2) is 0 Å². The lowest BCUT2D eigenvalue weighted by Crippen LogP contribution is -2.48. The molecular weight excluding hydrogens is 102 g/mol. The highest BCUT2D eigenvalue weighted by atomic mass is 16.2. The van der Waals surface area contributed by atoms with Gasteiger partial charge in [0.2, 0.25) is 5.91 Å². The Kier molecular flexibility index (Phi) is 0.583. The van der Waals surface area contributed by atoms with Crippen LogP contribution in [0.3, 0.4) is 0 Å². The van der Waals surface area contributed by atoms with Crippen LogP contribution in [0, 0.1) is 0 Å². The third kappa shape index (κ3) is 0.312. The van der Waals surface area contributed by atoms with Gasteiger partial charge in [-0.05, 0) is 0 Å². The van der Waals surface area contributed by atoms with E-state index in [4.69, 9.17) is 0 Å². The van der Waals surface area contributed by atoms with Crippen molar-refractivity contribution in [3.63, 3.8) is 0 Å². The lowest BCUT2D eigenvalue weighted by molar-refractivity contribution is -0.141. The topological polar surface area (TPSA) is 20.3 Å². The van der Waals surface area contributed by atoms with E-state index in [2.05, 4.69) is 12.2 Å². The molecule has 1 atom stereocenters. The van der Waals surface area contributed by atoms with E-state index in [1.54, 1.807) is 0 Å². The first kappa shape index (κ1) is 4.13. The van der Waals surface area contributed by atoms with Gasteiger partial charge in [0.25, 0.3) is 0 Å². The van der Waals surface area contributed by atoms with Gasteiger partial charge in [0, 0.05) is 6.54 Å². The van der Waals surface area contributed by atoms with Crippen LogP contribution in [0.2, 0.25) is 0 Å². The lowest BCUT2D eigenvalue weighted by atomic mass is 10.1. The minimum atomic E-state index is 0.306. The maximum absolute atomic E-state index is 10.6. The Morgan fingerprint density at radius 3 is 3.12 bits per heavy atom. The van der Waals surface area contributed by atoms with E-state index < -0.39 is 0 Å². The van der Waals surface area contributed by atoms with Crippen molar-refractivity contribution in [3.05, 3.63) is 12.2 Å². The predicted molar refractivity (Wildman–Crippen MR) is 29.3 cm³/mol. The molecule has 0 saturated carbocycles. The number of hydrogen-bond donors (Lipinski definition) is 0. The number of rotatable bonds is 0. The summed E-state index contributed by atoms with van der Waals surface area (Å²) in [6.45, 7) is 0.851. The molecule has 0 aromatic rings. The molecule has 2 heteroatoms. The van der Waals surface area contributed by atoms with Crippen molar-refractivity contribution in [2.75, 3.05) is 6.54 Å². The molecule has 8 heavy (non-hydrogen) atoms. The first-order chi connectivity index (χ1) is 3.88. The smallest absolute Gasteiger partial charge is 0.225 e. The Bertz CT molecular complexity index is 162. The summed E-state index contributed by atoms with van der Waals surface area (Å²) in [5, 5.41) is 0. The molecule has 1 amide bonds. The zero-order valence-corrected chi connectivity index (χ0v) is 4.50. The zero-order chi connectivity index (χ0) is 5.56. The average Bonchev–Trinajstić information content (AvgIpc) is 2.09. The molecule has 2 heterocycles. The molecule has 0 aliphatic carbocycles. The molecule has 42 valence electrons. The summed E-state index contributed by atoms with van der Waals surface area (Å²) < 4.78 is 0. The molecular formula is C6H7NO. The Labute approximate surface area is 47.8 Å². The van der Waals surface area contributed by atoms with Gasteiger partial charge in [0.1, 0.15) is 0 Å². The van der Waals surface area contributed by atoms with Crippen molar-refractivity contribution >= 4 is 5.91 Å². The van der Waals surface area contributed by atoms with Crippen LogP contribution in [0.5, 0.6) is 0 Å². The number of β-lactam (4-membered cyclic amide) rings is 1. The van der Waals surface area contributed by atoms with Crippen LogP contribution in [0.25, 0.3) is 0 Å². The maximum atomic E-state index is 10.6. The first-order valence-electron chi connectivity index (χ1n) is 2.84. The standard InChI is InChI=1S/C6H7NO/c8-6-4-5-2-1-3-7(5)6/h1-2,5H,3-4H2/t5-/m1/s1. The molecule has 2 nitrogen and oxygen atoms in total. The summed E-state index contributed by atoms with van der Waals surface area (Å²) in [7, 11) is 0. The SMILES string of the molecule is O=C1C[C@H]2C=CCN12. The van der Waals surface area contributed by atoms with E-state index in [0.29, 0.717) is 11.9 Å². The Hall–Kier alpha value is -0.790. The monoisotopic (exact) mass is 109 g/mol. The second kappa shape index (κ2) is 1.13. The average molecular weight is 109 g/mol. The highest BCUT2D eigenvalue weighted by Crippen LogP contribution is 2.23. The third-order valence-corrected chi connectivity index (χ3v) is 1.76. The van der Waals surface area contributed by atoms with Crippen molar-refractivity contribution < 1.29 is 4.79 Å². The van der Waals surface area contributed by atoms with E-state index in [1.165, 1.54) is 0 Å². The van der Waals surface area contributed by atoms with Crippen molar-refractivity contribution in [2.24, 2.45) is 0 Å². The van der Waals surface area contributed by atoms with Crippen LogP contribution in [0.1, 0.15) is 6.42 Å². The summed E-state index contributed by atoms with van der Waals surface area (Å²) in [4.78, 5) is 12.5. The van der Waals surface area contributed by atoms with Crippen LogP contribution >= 0.6 is 0 Å². The van der Waals surface area contributed by atoms with Crippen LogP contribution < -0.4 is 0 Å². The number of fused-ring (bicyclic) bond motifs is 1. The molecule has 2 aliphatic rings. The summed E-state index contributed by atoms with van der Waals surface area (Å²) in [6.07, 6.45) is 4.90. The van der Waals surface area contributed by atoms with Crippen molar-refractivity contribution in [1.29, 1.82) is 0 Å². The van der Waals surface area contributed by atoms with E-state index in [1.807, 2.05) is 4.90 Å². The minimum Gasteiger partial charge on any atom is -0.332 e. The minimum absolute atomic E-state index is 0.306. The van der Waals surface area contributed by atoms with Crippen molar-refractivity contribution in [1.82, 2.24) is 4.90 Å². The van der Waals surface area contributed by atoms with Crippen molar-refractivity contribution in [2.45, 2.75) is 12.5 Å². The molecule has 0 bridgehead atoms. The van der Waals surface area contributed by atoms with Gasteiger partial charge in [0.05, 0.1) is 12.5 Å². The molecule has 1 saturated heterocycles. The molecule has 0 spiro atoms. The molecule has 0 radical (unpaired) electrons. The van der Waals surface area contributed by atoms with Gasteiger partial charge >= 0.3 is 0 Å². The number of nitrogens with zero attached hydrogens (tertiary/aromatic N) is 1. The van der Waals surface area contributed by atoms with Crippen LogP contribution in [-0.4, -0.2) is 23.4 Å². The normalized spacial score (nSPS) is 32.8. The fourth-order valence-electron chi connectivity index (χ4n) is 1.22. The Morgan fingerprint density at radius 2 is 2.62 bits per heavy atom. The molecule has 2 rings (SSSR count). The van der Waals surface area contributed by atoms with Gasteiger partial charge in [-0.1, -0.05) is 12.2 Å². The van der Waals surface area contributed by atoms with Gasteiger partial charge in [-0.3, -0.25) is 4.79 Å². The second-order valence-corrected chi connectivity index (χ2v) is 2.25. The predicted octanol–water partition coefficient (Wildman–Crippen LogP) is 0.157. The van der Waals surface area contributed by atoms with Crippen LogP contribution in [0.15, 0.2) is 12.2 Å². The van der Waals surface area contributed by atoms with Crippen LogP contribution in [0.4, 0.5) is 0 Å². The largest absolute Gasteiger partial charge is 0.332 e. The fraction of sp³-hybridized carbons (Fsp3) is 0.500. The summed E-state index contributed by atoms with van der Waals surface area (Å²) in [5.74, 6) is 0.306. The van der Waals surface area contributed by atoms with Crippen molar-refractivity contribution in [3.8, 4) is 0 Å². The fourth-order valence-corrected chi connectivity index (χ4v) is 1.22. The Balaban J connectivity index is 2.19. The van der Waals surface area contributed by atoms with E-state index in [0.717, 1.165) is 13.0 Å². The summed E-state index contributed by atoms with van der Waals surface area (Å²) >= 11 is 0.